The Hall–Kier alpha value is -0.0800. The van der Waals surface area contributed by atoms with Crippen LogP contribution in [0.1, 0.15) is 53.4 Å². The molecule has 2 saturated heterocycles. The van der Waals surface area contributed by atoms with E-state index in [1.807, 2.05) is 0 Å². The molecule has 2 nitrogen and oxygen atoms in total. The van der Waals surface area contributed by atoms with Crippen LogP contribution in [0.2, 0.25) is 0 Å². The number of rotatable bonds is 2. The summed E-state index contributed by atoms with van der Waals surface area (Å²) in [5.74, 6) is 0. The molecule has 2 aliphatic rings. The lowest BCUT2D eigenvalue weighted by Gasteiger charge is -2.47. The Bertz CT molecular complexity index is 237. The van der Waals surface area contributed by atoms with Gasteiger partial charge in [-0.2, -0.15) is 0 Å². The van der Waals surface area contributed by atoms with Crippen molar-refractivity contribution in [1.29, 1.82) is 0 Å². The van der Waals surface area contributed by atoms with Crippen molar-refractivity contribution in [2.45, 2.75) is 71.0 Å². The molecule has 1 unspecified atom stereocenters. The average molecular weight is 224 g/mol. The van der Waals surface area contributed by atoms with Gasteiger partial charge in [-0.3, -0.25) is 9.80 Å². The quantitative estimate of drug-likeness (QED) is 0.711. The molecule has 0 saturated carbocycles. The van der Waals surface area contributed by atoms with Crippen LogP contribution in [0.4, 0.5) is 0 Å². The van der Waals surface area contributed by atoms with Crippen molar-refractivity contribution in [3.05, 3.63) is 0 Å². The second-order valence-corrected chi connectivity index (χ2v) is 6.28. The molecule has 2 rings (SSSR count). The summed E-state index contributed by atoms with van der Waals surface area (Å²) in [7, 11) is 0. The number of nitrogens with zero attached hydrogens (tertiary/aromatic N) is 2. The monoisotopic (exact) mass is 224 g/mol. The summed E-state index contributed by atoms with van der Waals surface area (Å²) in [6.07, 6.45) is 5.66. The largest absolute Gasteiger partial charge is 0.299 e. The maximum Gasteiger partial charge on any atom is 0.0351 e. The maximum absolute atomic E-state index is 2.79. The topological polar surface area (TPSA) is 6.48 Å². The molecule has 0 aromatic heterocycles. The molecule has 1 atom stereocenters. The lowest BCUT2D eigenvalue weighted by molar-refractivity contribution is 0.0233. The van der Waals surface area contributed by atoms with Crippen molar-refractivity contribution < 1.29 is 0 Å². The SMILES string of the molecule is CC(C)N1CCC2(CCCCN2C(C)C)C1. The highest BCUT2D eigenvalue weighted by atomic mass is 15.3. The number of hydrogen-bond donors (Lipinski definition) is 0. The molecule has 2 fully saturated rings. The lowest BCUT2D eigenvalue weighted by atomic mass is 9.84. The van der Waals surface area contributed by atoms with Gasteiger partial charge in [0.25, 0.3) is 0 Å². The molecular formula is C14H28N2. The van der Waals surface area contributed by atoms with Crippen LogP contribution in [-0.2, 0) is 0 Å². The fourth-order valence-electron chi connectivity index (χ4n) is 3.69. The Labute approximate surface area is 101 Å². The van der Waals surface area contributed by atoms with Gasteiger partial charge < -0.3 is 0 Å². The summed E-state index contributed by atoms with van der Waals surface area (Å²) in [6.45, 7) is 13.3. The van der Waals surface area contributed by atoms with Gasteiger partial charge in [-0.1, -0.05) is 6.42 Å². The van der Waals surface area contributed by atoms with Gasteiger partial charge in [-0.25, -0.2) is 0 Å². The van der Waals surface area contributed by atoms with E-state index in [4.69, 9.17) is 0 Å². The van der Waals surface area contributed by atoms with E-state index in [1.54, 1.807) is 0 Å². The van der Waals surface area contributed by atoms with Crippen LogP contribution >= 0.6 is 0 Å². The van der Waals surface area contributed by atoms with Gasteiger partial charge in [0.2, 0.25) is 0 Å². The molecule has 0 aliphatic carbocycles. The van der Waals surface area contributed by atoms with Gasteiger partial charge in [0, 0.05) is 30.7 Å². The van der Waals surface area contributed by atoms with E-state index in [2.05, 4.69) is 37.5 Å². The molecule has 0 aromatic carbocycles. The predicted molar refractivity (Wildman–Crippen MR) is 69.8 cm³/mol. The van der Waals surface area contributed by atoms with Crippen molar-refractivity contribution in [1.82, 2.24) is 9.80 Å². The molecule has 94 valence electrons. The van der Waals surface area contributed by atoms with Crippen molar-refractivity contribution >= 4 is 0 Å². The summed E-state index contributed by atoms with van der Waals surface area (Å²) in [5.41, 5.74) is 0.524. The first kappa shape index (κ1) is 12.4. The van der Waals surface area contributed by atoms with Crippen LogP contribution in [0.3, 0.4) is 0 Å². The number of piperidine rings is 1. The third-order valence-corrected chi connectivity index (χ3v) is 4.62. The summed E-state index contributed by atoms with van der Waals surface area (Å²) in [5, 5.41) is 0. The molecular weight excluding hydrogens is 196 g/mol. The van der Waals surface area contributed by atoms with E-state index in [0.717, 1.165) is 6.04 Å². The molecule has 0 bridgehead atoms. The van der Waals surface area contributed by atoms with Crippen molar-refractivity contribution in [2.24, 2.45) is 0 Å². The first-order valence-electron chi connectivity index (χ1n) is 7.06. The minimum atomic E-state index is 0.524. The average Bonchev–Trinajstić information content (AvgIpc) is 2.63. The van der Waals surface area contributed by atoms with Gasteiger partial charge in [-0.05, 0) is 53.5 Å². The minimum Gasteiger partial charge on any atom is -0.299 e. The van der Waals surface area contributed by atoms with Crippen LogP contribution in [0.25, 0.3) is 0 Å². The normalized spacial score (nSPS) is 33.4. The maximum atomic E-state index is 2.79. The molecule has 2 heteroatoms. The first-order chi connectivity index (χ1) is 7.55. The van der Waals surface area contributed by atoms with E-state index < -0.39 is 0 Å². The van der Waals surface area contributed by atoms with Gasteiger partial charge in [0.05, 0.1) is 0 Å². The van der Waals surface area contributed by atoms with Gasteiger partial charge in [0.15, 0.2) is 0 Å². The smallest absolute Gasteiger partial charge is 0.0351 e. The highest BCUT2D eigenvalue weighted by molar-refractivity contribution is 5.02. The van der Waals surface area contributed by atoms with E-state index in [0.29, 0.717) is 11.6 Å². The van der Waals surface area contributed by atoms with Crippen molar-refractivity contribution in [2.75, 3.05) is 19.6 Å². The summed E-state index contributed by atoms with van der Waals surface area (Å²) < 4.78 is 0. The summed E-state index contributed by atoms with van der Waals surface area (Å²) in [4.78, 5) is 5.46. The fourth-order valence-corrected chi connectivity index (χ4v) is 3.69. The second-order valence-electron chi connectivity index (χ2n) is 6.28. The van der Waals surface area contributed by atoms with Crippen LogP contribution in [0.5, 0.6) is 0 Å². The van der Waals surface area contributed by atoms with Gasteiger partial charge in [0.1, 0.15) is 0 Å². The van der Waals surface area contributed by atoms with Gasteiger partial charge in [-0.15, -0.1) is 0 Å². The highest BCUT2D eigenvalue weighted by Gasteiger charge is 2.45. The zero-order chi connectivity index (χ0) is 11.8. The third-order valence-electron chi connectivity index (χ3n) is 4.62. The van der Waals surface area contributed by atoms with Crippen LogP contribution < -0.4 is 0 Å². The Morgan fingerprint density at radius 2 is 1.62 bits per heavy atom. The Morgan fingerprint density at radius 3 is 2.19 bits per heavy atom. The van der Waals surface area contributed by atoms with Crippen LogP contribution in [0.15, 0.2) is 0 Å². The minimum absolute atomic E-state index is 0.524. The fraction of sp³-hybridized carbons (Fsp3) is 1.00. The highest BCUT2D eigenvalue weighted by Crippen LogP contribution is 2.38. The van der Waals surface area contributed by atoms with E-state index >= 15 is 0 Å². The third kappa shape index (κ3) is 2.14. The predicted octanol–water partition coefficient (Wildman–Crippen LogP) is 2.73. The molecule has 16 heavy (non-hydrogen) atoms. The molecule has 0 N–H and O–H groups in total. The molecule has 0 radical (unpaired) electrons. The van der Waals surface area contributed by atoms with E-state index in [9.17, 15) is 0 Å². The number of likely N-dealkylation sites (tertiary alicyclic amines) is 2. The zero-order valence-corrected chi connectivity index (χ0v) is 11.5. The Morgan fingerprint density at radius 1 is 0.875 bits per heavy atom. The molecule has 2 aliphatic heterocycles. The van der Waals surface area contributed by atoms with Crippen molar-refractivity contribution in [3.8, 4) is 0 Å². The first-order valence-corrected chi connectivity index (χ1v) is 7.06. The Balaban J connectivity index is 2.10. The zero-order valence-electron chi connectivity index (χ0n) is 11.5. The Kier molecular flexibility index (Phi) is 3.60. The summed E-state index contributed by atoms with van der Waals surface area (Å²) >= 11 is 0. The molecule has 0 amide bonds. The summed E-state index contributed by atoms with van der Waals surface area (Å²) in [6, 6.07) is 1.43. The standard InChI is InChI=1S/C14H28N2/c1-12(2)15-10-8-14(11-15)7-5-6-9-16(14)13(3)4/h12-13H,5-11H2,1-4H3. The van der Waals surface area contributed by atoms with E-state index in [1.165, 1.54) is 45.3 Å². The molecule has 1 spiro atoms. The van der Waals surface area contributed by atoms with Crippen molar-refractivity contribution in [3.63, 3.8) is 0 Å². The molecule has 2 heterocycles. The van der Waals surface area contributed by atoms with Crippen LogP contribution in [-0.4, -0.2) is 47.1 Å². The molecule has 0 aromatic rings. The lowest BCUT2D eigenvalue weighted by Crippen LogP contribution is -2.56. The van der Waals surface area contributed by atoms with Crippen LogP contribution in [0, 0.1) is 0 Å². The van der Waals surface area contributed by atoms with E-state index in [-0.39, 0.29) is 0 Å². The second kappa shape index (κ2) is 4.66. The van der Waals surface area contributed by atoms with Gasteiger partial charge >= 0.3 is 0 Å². The number of hydrogen-bond acceptors (Lipinski definition) is 2.